The summed E-state index contributed by atoms with van der Waals surface area (Å²) in [4.78, 5) is 26.0. The van der Waals surface area contributed by atoms with E-state index in [0.717, 1.165) is 35.1 Å². The molecule has 8 heteroatoms. The van der Waals surface area contributed by atoms with E-state index in [1.807, 2.05) is 25.2 Å². The maximum Gasteiger partial charge on any atom is 0.302 e. The Morgan fingerprint density at radius 3 is 2.44 bits per heavy atom. The van der Waals surface area contributed by atoms with E-state index < -0.39 is 12.1 Å². The molecule has 3 aliphatic rings. The molecule has 0 saturated heterocycles. The number of esters is 1. The van der Waals surface area contributed by atoms with Gasteiger partial charge in [0.2, 0.25) is 0 Å². The molecule has 0 unspecified atom stereocenters. The Balaban J connectivity index is 1.42. The molecule has 4 atom stereocenters. The van der Waals surface area contributed by atoms with Crippen molar-refractivity contribution in [2.75, 3.05) is 27.8 Å². The van der Waals surface area contributed by atoms with Gasteiger partial charge in [0, 0.05) is 26.3 Å². The molecule has 244 valence electrons. The van der Waals surface area contributed by atoms with Crippen molar-refractivity contribution >= 4 is 17.3 Å². The third-order valence-electron chi connectivity index (χ3n) is 10.5. The summed E-state index contributed by atoms with van der Waals surface area (Å²) in [6, 6.07) is 8.92. The van der Waals surface area contributed by atoms with Crippen LogP contribution in [0.5, 0.6) is 23.0 Å². The van der Waals surface area contributed by atoms with Crippen LogP contribution in [-0.4, -0.2) is 55.9 Å². The van der Waals surface area contributed by atoms with Gasteiger partial charge in [-0.25, -0.2) is 0 Å². The Morgan fingerprint density at radius 1 is 1.02 bits per heavy atom. The fraction of sp³-hybridized carbons (Fsp3) is 0.568. The van der Waals surface area contributed by atoms with E-state index in [9.17, 15) is 19.8 Å². The molecule has 0 aliphatic heterocycles. The highest BCUT2D eigenvalue weighted by molar-refractivity contribution is 5.82. The van der Waals surface area contributed by atoms with Crippen molar-refractivity contribution in [3.8, 4) is 23.0 Å². The molecular weight excluding hydrogens is 570 g/mol. The molecular formula is C37H49NO7. The van der Waals surface area contributed by atoms with E-state index >= 15 is 0 Å². The Kier molecular flexibility index (Phi) is 10.4. The minimum atomic E-state index is -0.559. The number of likely N-dealkylation sites (N-methyl/N-ethyl adjacent to an activating group) is 1. The van der Waals surface area contributed by atoms with Gasteiger partial charge in [-0.05, 0) is 122 Å². The predicted octanol–water partition coefficient (Wildman–Crippen LogP) is 6.71. The average Bonchev–Trinajstić information content (AvgIpc) is 3.42. The zero-order valence-corrected chi connectivity index (χ0v) is 27.2. The first-order chi connectivity index (χ1) is 21.6. The highest BCUT2D eigenvalue weighted by atomic mass is 16.5. The minimum Gasteiger partial charge on any atom is -0.504 e. The maximum atomic E-state index is 14.0. The number of rotatable bonds is 12. The van der Waals surface area contributed by atoms with E-state index in [1.54, 1.807) is 19.2 Å². The van der Waals surface area contributed by atoms with Crippen molar-refractivity contribution in [1.82, 2.24) is 5.32 Å². The van der Waals surface area contributed by atoms with Crippen molar-refractivity contribution < 1.29 is 34.0 Å². The fourth-order valence-corrected chi connectivity index (χ4v) is 8.44. The quantitative estimate of drug-likeness (QED) is 0.225. The molecule has 0 radical (unpaired) electrons. The summed E-state index contributed by atoms with van der Waals surface area (Å²) in [5.74, 6) is 1.19. The predicted molar refractivity (Wildman–Crippen MR) is 174 cm³/mol. The molecule has 5 rings (SSSR count). The number of phenols is 2. The van der Waals surface area contributed by atoms with Gasteiger partial charge in [0.15, 0.2) is 23.0 Å². The van der Waals surface area contributed by atoms with Crippen molar-refractivity contribution in [2.24, 2.45) is 17.3 Å². The van der Waals surface area contributed by atoms with Gasteiger partial charge in [-0.15, -0.1) is 0 Å². The second-order valence-electron chi connectivity index (χ2n) is 13.4. The molecule has 0 heterocycles. The first-order valence-electron chi connectivity index (χ1n) is 16.5. The van der Waals surface area contributed by atoms with Crippen LogP contribution in [0.25, 0.3) is 5.57 Å². The van der Waals surface area contributed by atoms with Gasteiger partial charge in [0.1, 0.15) is 11.9 Å². The molecule has 0 aromatic heterocycles. The van der Waals surface area contributed by atoms with Crippen LogP contribution in [0, 0.1) is 17.3 Å². The van der Waals surface area contributed by atoms with Crippen LogP contribution in [0.2, 0.25) is 0 Å². The number of carbonyl (C=O) groups excluding carboxylic acids is 2. The summed E-state index contributed by atoms with van der Waals surface area (Å²) in [6.45, 7) is 2.05. The highest BCUT2D eigenvalue weighted by Gasteiger charge is 2.46. The van der Waals surface area contributed by atoms with Crippen LogP contribution in [0.1, 0.15) is 93.7 Å². The monoisotopic (exact) mass is 619 g/mol. The van der Waals surface area contributed by atoms with Crippen LogP contribution in [-0.2, 0) is 20.7 Å². The van der Waals surface area contributed by atoms with Gasteiger partial charge >= 0.3 is 5.97 Å². The van der Waals surface area contributed by atoms with Crippen molar-refractivity contribution in [1.29, 1.82) is 0 Å². The first-order valence-corrected chi connectivity index (χ1v) is 16.5. The first kappa shape index (κ1) is 32.9. The molecule has 3 N–H and O–H groups in total. The lowest BCUT2D eigenvalue weighted by molar-refractivity contribution is -0.147. The summed E-state index contributed by atoms with van der Waals surface area (Å²) in [7, 11) is 5.00. The number of Topliss-reactive ketones (excluding diaryl/α,β-unsaturated/α-hetero) is 1. The van der Waals surface area contributed by atoms with Gasteiger partial charge in [-0.2, -0.15) is 0 Å². The van der Waals surface area contributed by atoms with Crippen LogP contribution >= 0.6 is 0 Å². The second-order valence-corrected chi connectivity index (χ2v) is 13.4. The topological polar surface area (TPSA) is 114 Å². The van der Waals surface area contributed by atoms with E-state index in [-0.39, 0.29) is 29.6 Å². The molecule has 2 aromatic carbocycles. The smallest absolute Gasteiger partial charge is 0.302 e. The number of aryl methyl sites for hydroxylation is 1. The summed E-state index contributed by atoms with van der Waals surface area (Å²) < 4.78 is 16.5. The van der Waals surface area contributed by atoms with E-state index in [4.69, 9.17) is 14.2 Å². The van der Waals surface area contributed by atoms with Crippen LogP contribution in [0.15, 0.2) is 36.4 Å². The maximum absolute atomic E-state index is 14.0. The van der Waals surface area contributed by atoms with Crippen LogP contribution in [0.3, 0.4) is 0 Å². The molecule has 2 saturated carbocycles. The molecule has 1 spiro atoms. The lowest BCUT2D eigenvalue weighted by atomic mass is 9.60. The number of fused-ring (bicyclic) bond motifs is 2. The van der Waals surface area contributed by atoms with Crippen molar-refractivity contribution in [2.45, 2.75) is 89.6 Å². The Bertz CT molecular complexity index is 1410. The third kappa shape index (κ3) is 7.49. The molecule has 0 bridgehead atoms. The van der Waals surface area contributed by atoms with Gasteiger partial charge < -0.3 is 29.7 Å². The normalized spacial score (nSPS) is 22.5. The van der Waals surface area contributed by atoms with Crippen LogP contribution in [0.4, 0.5) is 0 Å². The number of benzene rings is 2. The average molecular weight is 620 g/mol. The number of carbonyl (C=O) groups is 2. The molecule has 45 heavy (non-hydrogen) atoms. The largest absolute Gasteiger partial charge is 0.504 e. The number of methoxy groups -OCH3 is 2. The fourth-order valence-electron chi connectivity index (χ4n) is 8.44. The van der Waals surface area contributed by atoms with E-state index in [0.29, 0.717) is 54.6 Å². The number of allylic oxidation sites excluding steroid dienone is 1. The van der Waals surface area contributed by atoms with Crippen LogP contribution < -0.4 is 14.8 Å². The lowest BCUT2D eigenvalue weighted by Crippen LogP contribution is -2.34. The number of hydrogen-bond donors (Lipinski definition) is 3. The molecule has 3 aliphatic carbocycles. The highest BCUT2D eigenvalue weighted by Crippen LogP contribution is 2.58. The van der Waals surface area contributed by atoms with Gasteiger partial charge in [0.25, 0.3) is 0 Å². The van der Waals surface area contributed by atoms with E-state index in [2.05, 4.69) is 11.4 Å². The number of aromatic hydroxyl groups is 2. The molecule has 0 amide bonds. The van der Waals surface area contributed by atoms with Gasteiger partial charge in [0.05, 0.1) is 14.2 Å². The standard InChI is InChI=1S/C37H49NO7/c1-23(39)45-28(9-7-24-8-10-33(41)35(15-24)43-3)17-27(40)18-31-29-11-14-37(12-5-6-13-37)21-25(29)16-26(22-38-2)30-19-34(42)36(44-4)20-32(30)31/h8,10,15-16,19-20,25,28-29,31,38,41-42H,5-7,9,11-14,17-18,21-22H2,1-4H3/t25-,28-,29+,31-/m1/s1. The SMILES string of the molecule is CNCC1=C[C@@H]2CC3(CCCC3)CC[C@@H]2[C@@H](CC(=O)C[C@@H](CCc2ccc(O)c(OC)c2)OC(C)=O)c2cc(OC)c(O)cc21. The lowest BCUT2D eigenvalue weighted by Gasteiger charge is -2.44. The zero-order chi connectivity index (χ0) is 32.1. The third-order valence-corrected chi connectivity index (χ3v) is 10.5. The Morgan fingerprint density at radius 2 is 1.76 bits per heavy atom. The van der Waals surface area contributed by atoms with Crippen molar-refractivity contribution in [3.05, 3.63) is 53.1 Å². The molecule has 8 nitrogen and oxygen atoms in total. The van der Waals surface area contributed by atoms with Crippen molar-refractivity contribution in [3.63, 3.8) is 0 Å². The van der Waals surface area contributed by atoms with Gasteiger partial charge in [-0.3, -0.25) is 9.59 Å². The summed E-state index contributed by atoms with van der Waals surface area (Å²) >= 11 is 0. The zero-order valence-electron chi connectivity index (χ0n) is 27.2. The number of nitrogens with one attached hydrogen (secondary N) is 1. The summed E-state index contributed by atoms with van der Waals surface area (Å²) in [5, 5.41) is 24.1. The Labute approximate surface area is 267 Å². The number of ketones is 1. The molecule has 2 fully saturated rings. The Hall–Kier alpha value is -3.52. The minimum absolute atomic E-state index is 0.0457. The number of ether oxygens (including phenoxy) is 3. The van der Waals surface area contributed by atoms with Gasteiger partial charge in [-0.1, -0.05) is 25.0 Å². The summed E-state index contributed by atoms with van der Waals surface area (Å²) in [6.07, 6.45) is 11.9. The molecule has 2 aromatic rings. The van der Waals surface area contributed by atoms with E-state index in [1.165, 1.54) is 46.1 Å². The second kappa shape index (κ2) is 14.3. The number of hydrogen-bond acceptors (Lipinski definition) is 8. The number of phenolic OH excluding ortho intramolecular Hbond substituents is 2. The summed E-state index contributed by atoms with van der Waals surface area (Å²) in [5.41, 5.74) is 4.51.